The molecule has 3 heterocycles. The maximum atomic E-state index is 5.09. The first kappa shape index (κ1) is 12.6. The van der Waals surface area contributed by atoms with Gasteiger partial charge in [0.1, 0.15) is 5.82 Å². The lowest BCUT2D eigenvalue weighted by molar-refractivity contribution is 0.397. The van der Waals surface area contributed by atoms with Gasteiger partial charge in [0.25, 0.3) is 0 Å². The predicted molar refractivity (Wildman–Crippen MR) is 74.9 cm³/mol. The summed E-state index contributed by atoms with van der Waals surface area (Å²) in [5.74, 6) is 2.06. The Labute approximate surface area is 117 Å². The van der Waals surface area contributed by atoms with Gasteiger partial charge in [0.05, 0.1) is 13.3 Å². The summed E-state index contributed by atoms with van der Waals surface area (Å²) in [6.07, 6.45) is 7.87. The zero-order valence-corrected chi connectivity index (χ0v) is 11.2. The van der Waals surface area contributed by atoms with Crippen molar-refractivity contribution >= 4 is 11.8 Å². The van der Waals surface area contributed by atoms with Gasteiger partial charge >= 0.3 is 0 Å². The third-order valence-corrected chi connectivity index (χ3v) is 3.23. The van der Waals surface area contributed by atoms with E-state index in [0.717, 1.165) is 25.3 Å². The number of hydrogen-bond donors (Lipinski definition) is 1. The van der Waals surface area contributed by atoms with Gasteiger partial charge in [-0.15, -0.1) is 0 Å². The summed E-state index contributed by atoms with van der Waals surface area (Å²) in [4.78, 5) is 19.1. The highest BCUT2D eigenvalue weighted by Gasteiger charge is 2.24. The molecule has 1 saturated heterocycles. The molecule has 0 aliphatic carbocycles. The van der Waals surface area contributed by atoms with Gasteiger partial charge in [-0.05, 0) is 6.42 Å². The Morgan fingerprint density at radius 3 is 3.05 bits per heavy atom. The summed E-state index contributed by atoms with van der Waals surface area (Å²) >= 11 is 0. The van der Waals surface area contributed by atoms with E-state index >= 15 is 0 Å². The summed E-state index contributed by atoms with van der Waals surface area (Å²) in [6.45, 7) is 1.81. The van der Waals surface area contributed by atoms with Crippen molar-refractivity contribution in [2.45, 2.75) is 12.5 Å². The van der Waals surface area contributed by atoms with Crippen LogP contribution in [0, 0.1) is 0 Å². The molecule has 1 N–H and O–H groups in total. The summed E-state index contributed by atoms with van der Waals surface area (Å²) < 4.78 is 5.09. The van der Waals surface area contributed by atoms with Crippen LogP contribution in [0.25, 0.3) is 0 Å². The zero-order chi connectivity index (χ0) is 13.8. The molecular formula is C13H16N6O. The van der Waals surface area contributed by atoms with Crippen molar-refractivity contribution in [2.75, 3.05) is 30.4 Å². The maximum Gasteiger partial charge on any atom is 0.226 e. The molecular weight excluding hydrogens is 256 g/mol. The number of nitrogens with one attached hydrogen (secondary N) is 1. The standard InChI is InChI=1S/C13H16N6O/c1-20-12-2-4-16-13(18-12)17-10-3-7-19(9-10)11-8-14-5-6-15-11/h2,4-6,8,10H,3,7,9H2,1H3,(H,16,17,18). The van der Waals surface area contributed by atoms with Gasteiger partial charge in [0, 0.05) is 43.8 Å². The third-order valence-electron chi connectivity index (χ3n) is 3.23. The van der Waals surface area contributed by atoms with Crippen molar-refractivity contribution in [1.82, 2.24) is 19.9 Å². The van der Waals surface area contributed by atoms with Crippen molar-refractivity contribution in [3.8, 4) is 5.88 Å². The van der Waals surface area contributed by atoms with Gasteiger partial charge in [-0.1, -0.05) is 0 Å². The van der Waals surface area contributed by atoms with Gasteiger partial charge in [-0.3, -0.25) is 4.98 Å². The minimum absolute atomic E-state index is 0.295. The molecule has 20 heavy (non-hydrogen) atoms. The molecule has 0 aromatic carbocycles. The highest BCUT2D eigenvalue weighted by atomic mass is 16.5. The van der Waals surface area contributed by atoms with Gasteiger partial charge < -0.3 is 15.0 Å². The number of aromatic nitrogens is 4. The molecule has 104 valence electrons. The van der Waals surface area contributed by atoms with E-state index in [1.54, 1.807) is 38.0 Å². The number of nitrogens with zero attached hydrogens (tertiary/aromatic N) is 5. The SMILES string of the molecule is COc1ccnc(NC2CCN(c3cnccn3)C2)n1. The van der Waals surface area contributed by atoms with E-state index in [1.165, 1.54) is 0 Å². The van der Waals surface area contributed by atoms with E-state index < -0.39 is 0 Å². The van der Waals surface area contributed by atoms with E-state index in [1.807, 2.05) is 0 Å². The average molecular weight is 272 g/mol. The van der Waals surface area contributed by atoms with Gasteiger partial charge in [-0.25, -0.2) is 9.97 Å². The lowest BCUT2D eigenvalue weighted by atomic mass is 10.3. The predicted octanol–water partition coefficient (Wildman–Crippen LogP) is 0.966. The molecule has 1 fully saturated rings. The molecule has 0 saturated carbocycles. The van der Waals surface area contributed by atoms with Crippen LogP contribution in [0.3, 0.4) is 0 Å². The van der Waals surface area contributed by atoms with Crippen molar-refractivity contribution < 1.29 is 4.74 Å². The molecule has 0 spiro atoms. The molecule has 1 aliphatic rings. The van der Waals surface area contributed by atoms with Crippen molar-refractivity contribution in [3.63, 3.8) is 0 Å². The Balaban J connectivity index is 1.63. The first-order chi connectivity index (χ1) is 9.85. The van der Waals surface area contributed by atoms with Crippen LogP contribution in [0.1, 0.15) is 6.42 Å². The summed E-state index contributed by atoms with van der Waals surface area (Å²) in [6, 6.07) is 2.02. The molecule has 0 amide bonds. The van der Waals surface area contributed by atoms with Crippen molar-refractivity contribution in [3.05, 3.63) is 30.9 Å². The van der Waals surface area contributed by atoms with Crippen LogP contribution in [0.4, 0.5) is 11.8 Å². The molecule has 1 atom stereocenters. The fourth-order valence-electron chi connectivity index (χ4n) is 2.25. The number of methoxy groups -OCH3 is 1. The second-order valence-corrected chi connectivity index (χ2v) is 4.56. The number of rotatable bonds is 4. The largest absolute Gasteiger partial charge is 0.481 e. The lowest BCUT2D eigenvalue weighted by Crippen LogP contribution is -2.27. The van der Waals surface area contributed by atoms with E-state index in [2.05, 4.69) is 30.2 Å². The Hall–Kier alpha value is -2.44. The van der Waals surface area contributed by atoms with E-state index in [9.17, 15) is 0 Å². The fraction of sp³-hybridized carbons (Fsp3) is 0.385. The second-order valence-electron chi connectivity index (χ2n) is 4.56. The Morgan fingerprint density at radius 1 is 1.30 bits per heavy atom. The Kier molecular flexibility index (Phi) is 3.58. The molecule has 7 heteroatoms. The highest BCUT2D eigenvalue weighted by Crippen LogP contribution is 2.19. The van der Waals surface area contributed by atoms with E-state index in [0.29, 0.717) is 17.9 Å². The van der Waals surface area contributed by atoms with Crippen LogP contribution >= 0.6 is 0 Å². The minimum Gasteiger partial charge on any atom is -0.481 e. The van der Waals surface area contributed by atoms with E-state index in [-0.39, 0.29) is 0 Å². The van der Waals surface area contributed by atoms with Gasteiger partial charge in [0.15, 0.2) is 0 Å². The van der Waals surface area contributed by atoms with Crippen LogP contribution in [0.15, 0.2) is 30.9 Å². The minimum atomic E-state index is 0.295. The highest BCUT2D eigenvalue weighted by molar-refractivity contribution is 5.39. The van der Waals surface area contributed by atoms with Crippen molar-refractivity contribution in [1.29, 1.82) is 0 Å². The molecule has 3 rings (SSSR count). The normalized spacial score (nSPS) is 18.1. The monoisotopic (exact) mass is 272 g/mol. The molecule has 0 radical (unpaired) electrons. The quantitative estimate of drug-likeness (QED) is 0.888. The molecule has 2 aromatic heterocycles. The van der Waals surface area contributed by atoms with Gasteiger partial charge in [-0.2, -0.15) is 4.98 Å². The molecule has 0 bridgehead atoms. The molecule has 2 aromatic rings. The first-order valence-electron chi connectivity index (χ1n) is 6.49. The Bertz CT molecular complexity index is 564. The fourth-order valence-corrected chi connectivity index (χ4v) is 2.25. The number of ether oxygens (including phenoxy) is 1. The number of hydrogen-bond acceptors (Lipinski definition) is 7. The van der Waals surface area contributed by atoms with Crippen LogP contribution in [-0.4, -0.2) is 46.2 Å². The van der Waals surface area contributed by atoms with Crippen LogP contribution in [0.5, 0.6) is 5.88 Å². The Morgan fingerprint density at radius 2 is 2.25 bits per heavy atom. The summed E-state index contributed by atoms with van der Waals surface area (Å²) in [5.41, 5.74) is 0. The number of anilines is 2. The first-order valence-corrected chi connectivity index (χ1v) is 6.49. The van der Waals surface area contributed by atoms with Gasteiger partial charge in [0.2, 0.25) is 11.8 Å². The van der Waals surface area contributed by atoms with Crippen LogP contribution in [0.2, 0.25) is 0 Å². The van der Waals surface area contributed by atoms with E-state index in [4.69, 9.17) is 4.74 Å². The molecule has 7 nitrogen and oxygen atoms in total. The van der Waals surface area contributed by atoms with Crippen LogP contribution in [-0.2, 0) is 0 Å². The zero-order valence-electron chi connectivity index (χ0n) is 11.2. The topological polar surface area (TPSA) is 76.1 Å². The maximum absolute atomic E-state index is 5.09. The smallest absolute Gasteiger partial charge is 0.226 e. The van der Waals surface area contributed by atoms with Crippen LogP contribution < -0.4 is 15.0 Å². The summed E-state index contributed by atoms with van der Waals surface area (Å²) in [5, 5.41) is 3.32. The average Bonchev–Trinajstić information content (AvgIpc) is 2.97. The second kappa shape index (κ2) is 5.68. The molecule has 1 aliphatic heterocycles. The third kappa shape index (κ3) is 2.76. The molecule has 1 unspecified atom stereocenters. The van der Waals surface area contributed by atoms with Crippen molar-refractivity contribution in [2.24, 2.45) is 0 Å². The lowest BCUT2D eigenvalue weighted by Gasteiger charge is -2.17. The summed E-state index contributed by atoms with van der Waals surface area (Å²) in [7, 11) is 1.59.